The maximum absolute atomic E-state index is 13.1. The largest absolute Gasteiger partial charge is 0.489 e. The minimum Gasteiger partial charge on any atom is -0.489 e. The molecule has 1 aromatic rings. The van der Waals surface area contributed by atoms with Gasteiger partial charge in [0, 0.05) is 12.6 Å². The van der Waals surface area contributed by atoms with Crippen LogP contribution in [0.15, 0.2) is 18.2 Å². The number of hydrogen-bond donors (Lipinski definition) is 1. The van der Waals surface area contributed by atoms with Gasteiger partial charge in [-0.3, -0.25) is 0 Å². The van der Waals surface area contributed by atoms with Crippen LogP contribution in [0.1, 0.15) is 13.3 Å². The smallest absolute Gasteiger partial charge is 0.211 e. The molecule has 1 N–H and O–H groups in total. The summed E-state index contributed by atoms with van der Waals surface area (Å²) < 4.78 is 55.6. The quantitative estimate of drug-likeness (QED) is 0.772. The van der Waals surface area contributed by atoms with Gasteiger partial charge >= 0.3 is 0 Å². The van der Waals surface area contributed by atoms with Crippen LogP contribution in [0.3, 0.4) is 0 Å². The number of rotatable bonds is 7. The highest BCUT2D eigenvalue weighted by Crippen LogP contribution is 2.17. The van der Waals surface area contributed by atoms with E-state index in [0.717, 1.165) is 12.1 Å². The molecule has 0 aliphatic carbocycles. The van der Waals surface area contributed by atoms with E-state index in [4.69, 9.17) is 4.74 Å². The molecular weight excluding hydrogens is 264 g/mol. The molecule has 0 bridgehead atoms. The van der Waals surface area contributed by atoms with E-state index in [1.54, 1.807) is 6.92 Å². The zero-order valence-corrected chi connectivity index (χ0v) is 10.8. The molecule has 0 aliphatic rings. The molecule has 0 amide bonds. The second kappa shape index (κ2) is 6.65. The first-order valence-electron chi connectivity index (χ1n) is 5.50. The summed E-state index contributed by atoms with van der Waals surface area (Å²) in [5, 5.41) is 0. The highest BCUT2D eigenvalue weighted by molar-refractivity contribution is 7.89. The van der Waals surface area contributed by atoms with E-state index in [-0.39, 0.29) is 24.7 Å². The van der Waals surface area contributed by atoms with E-state index in [0.29, 0.717) is 12.5 Å². The van der Waals surface area contributed by atoms with Crippen LogP contribution in [-0.2, 0) is 10.0 Å². The topological polar surface area (TPSA) is 55.4 Å². The Morgan fingerprint density at radius 1 is 1.33 bits per heavy atom. The Morgan fingerprint density at radius 2 is 2.06 bits per heavy atom. The van der Waals surface area contributed by atoms with Gasteiger partial charge in [0.15, 0.2) is 11.6 Å². The third-order valence-corrected chi connectivity index (χ3v) is 3.64. The lowest BCUT2D eigenvalue weighted by atomic mass is 10.3. The van der Waals surface area contributed by atoms with E-state index >= 15 is 0 Å². The molecule has 0 spiro atoms. The van der Waals surface area contributed by atoms with Gasteiger partial charge in [-0.2, -0.15) is 0 Å². The fraction of sp³-hybridized carbons (Fsp3) is 0.455. The van der Waals surface area contributed by atoms with Crippen molar-refractivity contribution in [3.05, 3.63) is 29.8 Å². The van der Waals surface area contributed by atoms with Gasteiger partial charge < -0.3 is 4.74 Å². The van der Waals surface area contributed by atoms with Crippen molar-refractivity contribution in [2.24, 2.45) is 0 Å². The predicted molar refractivity (Wildman–Crippen MR) is 63.9 cm³/mol. The molecule has 4 nitrogen and oxygen atoms in total. The van der Waals surface area contributed by atoms with Crippen LogP contribution in [0, 0.1) is 11.6 Å². The summed E-state index contributed by atoms with van der Waals surface area (Å²) >= 11 is 0. The molecule has 0 fully saturated rings. The molecule has 1 rings (SSSR count). The van der Waals surface area contributed by atoms with Crippen molar-refractivity contribution >= 4 is 10.0 Å². The SMILES string of the molecule is CCCS(=O)(=O)NCCOc1ccc(F)cc1F. The van der Waals surface area contributed by atoms with Crippen LogP contribution in [-0.4, -0.2) is 27.3 Å². The van der Waals surface area contributed by atoms with Crippen molar-refractivity contribution in [1.29, 1.82) is 0 Å². The molecule has 7 heteroatoms. The van der Waals surface area contributed by atoms with Crippen LogP contribution < -0.4 is 9.46 Å². The number of ether oxygens (including phenoxy) is 1. The summed E-state index contributed by atoms with van der Waals surface area (Å²) in [6.07, 6.45) is 0.517. The van der Waals surface area contributed by atoms with Gasteiger partial charge in [-0.05, 0) is 18.6 Å². The summed E-state index contributed by atoms with van der Waals surface area (Å²) in [6.45, 7) is 1.77. The number of halogens is 2. The third-order valence-electron chi connectivity index (χ3n) is 2.05. The van der Waals surface area contributed by atoms with Gasteiger partial charge in [0.25, 0.3) is 0 Å². The molecule has 0 unspecified atom stereocenters. The minimum atomic E-state index is -3.29. The zero-order valence-electron chi connectivity index (χ0n) is 9.95. The molecule has 102 valence electrons. The van der Waals surface area contributed by atoms with Crippen molar-refractivity contribution in [1.82, 2.24) is 4.72 Å². The molecule has 0 aromatic heterocycles. The molecule has 0 saturated carbocycles. The van der Waals surface area contributed by atoms with Crippen molar-refractivity contribution in [2.45, 2.75) is 13.3 Å². The van der Waals surface area contributed by atoms with Crippen LogP contribution in [0.4, 0.5) is 8.78 Å². The Hall–Kier alpha value is -1.21. The van der Waals surface area contributed by atoms with E-state index in [1.807, 2.05) is 0 Å². The molecule has 0 heterocycles. The minimum absolute atomic E-state index is 0.0223. The maximum atomic E-state index is 13.1. The molecule has 18 heavy (non-hydrogen) atoms. The summed E-state index contributed by atoms with van der Waals surface area (Å²) in [7, 11) is -3.29. The molecule has 1 aromatic carbocycles. The normalized spacial score (nSPS) is 11.5. The summed E-state index contributed by atoms with van der Waals surface area (Å²) in [6, 6.07) is 2.93. The molecule has 0 aliphatic heterocycles. The second-order valence-electron chi connectivity index (χ2n) is 3.64. The highest BCUT2D eigenvalue weighted by atomic mass is 32.2. The van der Waals surface area contributed by atoms with Gasteiger partial charge in [-0.25, -0.2) is 21.9 Å². The first-order chi connectivity index (χ1) is 8.44. The first kappa shape index (κ1) is 14.8. The van der Waals surface area contributed by atoms with Crippen LogP contribution in [0.2, 0.25) is 0 Å². The highest BCUT2D eigenvalue weighted by Gasteiger charge is 2.08. The fourth-order valence-electron chi connectivity index (χ4n) is 1.29. The van der Waals surface area contributed by atoms with Crippen LogP contribution >= 0.6 is 0 Å². The van der Waals surface area contributed by atoms with Gasteiger partial charge in [-0.15, -0.1) is 0 Å². The van der Waals surface area contributed by atoms with E-state index in [1.165, 1.54) is 0 Å². The van der Waals surface area contributed by atoms with Crippen molar-refractivity contribution in [3.63, 3.8) is 0 Å². The average molecular weight is 279 g/mol. The molecule has 0 atom stereocenters. The van der Waals surface area contributed by atoms with Crippen molar-refractivity contribution in [3.8, 4) is 5.75 Å². The first-order valence-corrected chi connectivity index (χ1v) is 7.15. The average Bonchev–Trinajstić information content (AvgIpc) is 2.26. The fourth-order valence-corrected chi connectivity index (χ4v) is 2.37. The van der Waals surface area contributed by atoms with Gasteiger partial charge in [-0.1, -0.05) is 6.92 Å². The Balaban J connectivity index is 2.38. The number of benzene rings is 1. The Bertz CT molecular complexity index is 491. The summed E-state index contributed by atoms with van der Waals surface area (Å²) in [5.74, 6) is -1.57. The summed E-state index contributed by atoms with van der Waals surface area (Å²) in [5.41, 5.74) is 0. The van der Waals surface area contributed by atoms with Gasteiger partial charge in [0.1, 0.15) is 12.4 Å². The number of sulfonamides is 1. The standard InChI is InChI=1S/C11H15F2NO3S/c1-2-7-18(15,16)14-5-6-17-11-4-3-9(12)8-10(11)13/h3-4,8,14H,2,5-7H2,1H3. The van der Waals surface area contributed by atoms with Crippen LogP contribution in [0.25, 0.3) is 0 Å². The predicted octanol–water partition coefficient (Wildman–Crippen LogP) is 1.67. The lowest BCUT2D eigenvalue weighted by molar-refractivity contribution is 0.305. The lowest BCUT2D eigenvalue weighted by Crippen LogP contribution is -2.30. The second-order valence-corrected chi connectivity index (χ2v) is 5.56. The number of hydrogen-bond acceptors (Lipinski definition) is 3. The van der Waals surface area contributed by atoms with Crippen molar-refractivity contribution < 1.29 is 21.9 Å². The molecule has 0 saturated heterocycles. The van der Waals surface area contributed by atoms with Gasteiger partial charge in [0.2, 0.25) is 10.0 Å². The molecule has 0 radical (unpaired) electrons. The third kappa shape index (κ3) is 4.97. The van der Waals surface area contributed by atoms with Crippen molar-refractivity contribution in [2.75, 3.05) is 18.9 Å². The molecular formula is C11H15F2NO3S. The van der Waals surface area contributed by atoms with E-state index < -0.39 is 21.7 Å². The maximum Gasteiger partial charge on any atom is 0.211 e. The summed E-state index contributed by atoms with van der Waals surface area (Å²) in [4.78, 5) is 0. The zero-order chi connectivity index (χ0) is 13.6. The Morgan fingerprint density at radius 3 is 2.67 bits per heavy atom. The van der Waals surface area contributed by atoms with E-state index in [2.05, 4.69) is 4.72 Å². The van der Waals surface area contributed by atoms with E-state index in [9.17, 15) is 17.2 Å². The Kier molecular flexibility index (Phi) is 5.49. The van der Waals surface area contributed by atoms with Gasteiger partial charge in [0.05, 0.1) is 5.75 Å². The number of nitrogens with one attached hydrogen (secondary N) is 1. The Labute approximate surface area is 105 Å². The monoisotopic (exact) mass is 279 g/mol. The van der Waals surface area contributed by atoms with Crippen LogP contribution in [0.5, 0.6) is 5.75 Å². The lowest BCUT2D eigenvalue weighted by Gasteiger charge is -2.08.